The first-order chi connectivity index (χ1) is 9.56. The van der Waals surface area contributed by atoms with Crippen LogP contribution in [0.3, 0.4) is 0 Å². The van der Waals surface area contributed by atoms with E-state index < -0.39 is 0 Å². The van der Waals surface area contributed by atoms with Crippen molar-refractivity contribution in [3.05, 3.63) is 45.2 Å². The summed E-state index contributed by atoms with van der Waals surface area (Å²) >= 11 is 1.45. The summed E-state index contributed by atoms with van der Waals surface area (Å²) in [6.45, 7) is 6.95. The van der Waals surface area contributed by atoms with Crippen LogP contribution in [0.5, 0.6) is 0 Å². The lowest BCUT2D eigenvalue weighted by Gasteiger charge is -2.01. The molecule has 1 aromatic carbocycles. The molecule has 0 atom stereocenters. The summed E-state index contributed by atoms with van der Waals surface area (Å²) < 4.78 is 2.07. The van der Waals surface area contributed by atoms with Crippen LogP contribution in [0.4, 0.5) is 5.69 Å². The number of halogens is 1. The third-order valence-corrected chi connectivity index (χ3v) is 4.47. The Morgan fingerprint density at radius 3 is 2.43 bits per heavy atom. The summed E-state index contributed by atoms with van der Waals surface area (Å²) in [5.74, 6) is 0.0922. The summed E-state index contributed by atoms with van der Waals surface area (Å²) in [5, 5.41) is 0. The Kier molecular flexibility index (Phi) is 6.33. The average Bonchev–Trinajstić information content (AvgIpc) is 2.76. The number of carbonyl (C=O) groups is 1. The third kappa shape index (κ3) is 3.81. The summed E-state index contributed by atoms with van der Waals surface area (Å²) in [6.07, 6.45) is 0. The summed E-state index contributed by atoms with van der Waals surface area (Å²) in [6, 6.07) is 7.85. The van der Waals surface area contributed by atoms with Gasteiger partial charge in [0.25, 0.3) is 0 Å². The highest BCUT2D eigenvalue weighted by atomic mass is 35.5. The summed E-state index contributed by atoms with van der Waals surface area (Å²) in [4.78, 5) is 17.9. The van der Waals surface area contributed by atoms with Gasteiger partial charge in [0.2, 0.25) is 0 Å². The number of Topliss-reactive ketones (excluding diaryl/α,β-unsaturated/α-hetero) is 1. The van der Waals surface area contributed by atoms with Crippen LogP contribution in [0.2, 0.25) is 0 Å². The van der Waals surface area contributed by atoms with Crippen LogP contribution >= 0.6 is 23.7 Å². The van der Waals surface area contributed by atoms with Crippen LogP contribution in [-0.2, 0) is 13.1 Å². The fourth-order valence-electron chi connectivity index (χ4n) is 2.09. The van der Waals surface area contributed by atoms with E-state index in [1.807, 2.05) is 31.2 Å². The van der Waals surface area contributed by atoms with Gasteiger partial charge in [-0.05, 0) is 31.5 Å². The predicted octanol–water partition coefficient (Wildman–Crippen LogP) is 3.19. The molecule has 0 saturated carbocycles. The predicted molar refractivity (Wildman–Crippen MR) is 89.5 cm³/mol. The zero-order valence-corrected chi connectivity index (χ0v) is 14.1. The molecule has 0 aliphatic carbocycles. The molecule has 114 valence electrons. The number of hydrogen-bond donors (Lipinski definition) is 1. The van der Waals surface area contributed by atoms with Gasteiger partial charge in [-0.15, -0.1) is 12.4 Å². The van der Waals surface area contributed by atoms with Crippen LogP contribution in [0.1, 0.15) is 34.8 Å². The summed E-state index contributed by atoms with van der Waals surface area (Å²) in [7, 11) is 0. The van der Waals surface area contributed by atoms with E-state index in [2.05, 4.69) is 16.5 Å². The molecule has 4 nitrogen and oxygen atoms in total. The van der Waals surface area contributed by atoms with Gasteiger partial charge >= 0.3 is 0 Å². The molecule has 0 fully saturated rings. The molecule has 1 heterocycles. The number of benzene rings is 1. The number of nitrogens with zero attached hydrogens (tertiary/aromatic N) is 2. The van der Waals surface area contributed by atoms with Crippen LogP contribution in [0, 0.1) is 6.92 Å². The first-order valence-electron chi connectivity index (χ1n) is 6.61. The molecule has 0 aliphatic heterocycles. The molecular formula is C15H20ClN3OS. The molecule has 0 saturated heterocycles. The number of ketones is 1. The summed E-state index contributed by atoms with van der Waals surface area (Å²) in [5.41, 5.74) is 8.53. The monoisotopic (exact) mass is 325 g/mol. The van der Waals surface area contributed by atoms with Crippen molar-refractivity contribution in [3.8, 4) is 0 Å². The average molecular weight is 326 g/mol. The van der Waals surface area contributed by atoms with Crippen molar-refractivity contribution in [3.63, 3.8) is 0 Å². The van der Waals surface area contributed by atoms with E-state index in [9.17, 15) is 4.79 Å². The maximum Gasteiger partial charge on any atom is 0.190 e. The largest absolute Gasteiger partial charge is 0.326 e. The van der Waals surface area contributed by atoms with Gasteiger partial charge in [0.15, 0.2) is 10.6 Å². The van der Waals surface area contributed by atoms with E-state index in [1.54, 1.807) is 6.92 Å². The van der Waals surface area contributed by atoms with E-state index in [-0.39, 0.29) is 18.2 Å². The minimum atomic E-state index is 0. The molecule has 21 heavy (non-hydrogen) atoms. The Morgan fingerprint density at radius 2 is 1.95 bits per heavy atom. The van der Waals surface area contributed by atoms with Crippen molar-refractivity contribution in [2.75, 3.05) is 0 Å². The maximum absolute atomic E-state index is 11.6. The molecule has 0 unspecified atom stereocenters. The van der Waals surface area contributed by atoms with Gasteiger partial charge in [-0.25, -0.2) is 4.99 Å². The maximum atomic E-state index is 11.6. The lowest BCUT2D eigenvalue weighted by Crippen LogP contribution is -2.14. The van der Waals surface area contributed by atoms with Gasteiger partial charge in [-0.2, -0.15) is 0 Å². The van der Waals surface area contributed by atoms with Crippen LogP contribution in [0.25, 0.3) is 0 Å². The number of hydrogen-bond acceptors (Lipinski definition) is 4. The Bertz CT molecular complexity index is 686. The van der Waals surface area contributed by atoms with Crippen LogP contribution < -0.4 is 10.5 Å². The SMILES string of the molecule is CCn1c(C)c(C(C)=O)sc1=Nc1ccc(CN)cc1.Cl. The Hall–Kier alpha value is -1.43. The second kappa shape index (κ2) is 7.54. The number of carbonyl (C=O) groups excluding carboxylic acids is 1. The molecule has 0 spiro atoms. The zero-order chi connectivity index (χ0) is 14.7. The first-order valence-corrected chi connectivity index (χ1v) is 7.43. The van der Waals surface area contributed by atoms with Crippen molar-refractivity contribution in [2.24, 2.45) is 10.7 Å². The van der Waals surface area contributed by atoms with Gasteiger partial charge < -0.3 is 10.3 Å². The molecule has 0 bridgehead atoms. The highest BCUT2D eigenvalue weighted by Gasteiger charge is 2.12. The standard InChI is InChI=1S/C15H19N3OS.ClH/c1-4-18-10(2)14(11(3)19)20-15(18)17-13-7-5-12(9-16)6-8-13;/h5-8H,4,9,16H2,1-3H3;1H. The fraction of sp³-hybridized carbons (Fsp3) is 0.333. The molecule has 6 heteroatoms. The van der Waals surface area contributed by atoms with Crippen molar-refractivity contribution in [1.82, 2.24) is 4.57 Å². The lowest BCUT2D eigenvalue weighted by atomic mass is 10.2. The van der Waals surface area contributed by atoms with Crippen molar-refractivity contribution in [2.45, 2.75) is 33.9 Å². The highest BCUT2D eigenvalue weighted by Crippen LogP contribution is 2.16. The minimum absolute atomic E-state index is 0. The van der Waals surface area contributed by atoms with E-state index in [0.717, 1.165) is 33.2 Å². The molecule has 0 aliphatic rings. The van der Waals surface area contributed by atoms with Crippen molar-refractivity contribution >= 4 is 35.2 Å². The third-order valence-electron chi connectivity index (χ3n) is 3.19. The van der Waals surface area contributed by atoms with Crippen molar-refractivity contribution in [1.29, 1.82) is 0 Å². The van der Waals surface area contributed by atoms with Crippen molar-refractivity contribution < 1.29 is 4.79 Å². The minimum Gasteiger partial charge on any atom is -0.326 e. The number of aromatic nitrogens is 1. The second-order valence-corrected chi connectivity index (χ2v) is 5.56. The Morgan fingerprint density at radius 1 is 1.33 bits per heavy atom. The fourth-order valence-corrected chi connectivity index (χ4v) is 3.20. The molecular weight excluding hydrogens is 306 g/mol. The topological polar surface area (TPSA) is 60.4 Å². The smallest absolute Gasteiger partial charge is 0.190 e. The lowest BCUT2D eigenvalue weighted by molar-refractivity contribution is 0.102. The number of thiazole rings is 1. The zero-order valence-electron chi connectivity index (χ0n) is 12.4. The van der Waals surface area contributed by atoms with E-state index in [4.69, 9.17) is 5.73 Å². The Balaban J connectivity index is 0.00000220. The molecule has 2 rings (SSSR count). The van der Waals surface area contributed by atoms with Crippen LogP contribution in [0.15, 0.2) is 29.3 Å². The van der Waals surface area contributed by atoms with E-state index in [0.29, 0.717) is 6.54 Å². The first kappa shape index (κ1) is 17.6. The van der Waals surface area contributed by atoms with Gasteiger partial charge in [0.05, 0.1) is 10.6 Å². The van der Waals surface area contributed by atoms with Gasteiger partial charge in [0, 0.05) is 25.7 Å². The second-order valence-electron chi connectivity index (χ2n) is 4.58. The number of rotatable bonds is 4. The van der Waals surface area contributed by atoms with Gasteiger partial charge in [0.1, 0.15) is 0 Å². The molecule has 1 aromatic heterocycles. The number of nitrogens with two attached hydrogens (primary N) is 1. The van der Waals surface area contributed by atoms with E-state index in [1.165, 1.54) is 11.3 Å². The highest BCUT2D eigenvalue weighted by molar-refractivity contribution is 7.11. The van der Waals surface area contributed by atoms with E-state index >= 15 is 0 Å². The molecule has 2 aromatic rings. The van der Waals surface area contributed by atoms with Crippen LogP contribution in [-0.4, -0.2) is 10.4 Å². The molecule has 0 radical (unpaired) electrons. The molecule has 0 amide bonds. The molecule has 2 N–H and O–H groups in total. The normalized spacial score (nSPS) is 11.3. The quantitative estimate of drug-likeness (QED) is 0.877. The Labute approximate surface area is 134 Å². The van der Waals surface area contributed by atoms with Gasteiger partial charge in [-0.1, -0.05) is 23.5 Å². The van der Waals surface area contributed by atoms with Gasteiger partial charge in [-0.3, -0.25) is 4.79 Å².